The summed E-state index contributed by atoms with van der Waals surface area (Å²) >= 11 is 0. The fourth-order valence-corrected chi connectivity index (χ4v) is 2.82. The van der Waals surface area contributed by atoms with E-state index in [1.165, 1.54) is 31.2 Å². The lowest BCUT2D eigenvalue weighted by atomic mass is 9.92. The van der Waals surface area contributed by atoms with E-state index < -0.39 is 34.9 Å². The van der Waals surface area contributed by atoms with Gasteiger partial charge in [0.1, 0.15) is 12.1 Å². The van der Waals surface area contributed by atoms with E-state index in [1.54, 1.807) is 30.3 Å². The number of carbonyl (C=O) groups excluding carboxylic acids is 3. The van der Waals surface area contributed by atoms with E-state index in [2.05, 4.69) is 10.6 Å². The highest BCUT2D eigenvalue weighted by molar-refractivity contribution is 6.10. The average Bonchev–Trinajstić information content (AvgIpc) is 2.86. The van der Waals surface area contributed by atoms with Crippen molar-refractivity contribution in [1.29, 1.82) is 0 Å². The lowest BCUT2D eigenvalue weighted by Crippen LogP contribution is -2.42. The zero-order valence-corrected chi connectivity index (χ0v) is 14.3. The summed E-state index contributed by atoms with van der Waals surface area (Å²) < 4.78 is 0. The zero-order valence-electron chi connectivity index (χ0n) is 14.3. The number of para-hydroxylation sites is 1. The number of amides is 4. The Hall–Kier alpha value is -3.75. The van der Waals surface area contributed by atoms with Crippen molar-refractivity contribution in [2.75, 3.05) is 11.9 Å². The Morgan fingerprint density at radius 3 is 2.37 bits per heavy atom. The second-order valence-corrected chi connectivity index (χ2v) is 6.16. The summed E-state index contributed by atoms with van der Waals surface area (Å²) in [5.41, 5.74) is -0.595. The van der Waals surface area contributed by atoms with Crippen LogP contribution in [0.3, 0.4) is 0 Å². The number of carbonyl (C=O) groups is 3. The minimum Gasteiger partial charge on any atom is -0.325 e. The molecule has 1 saturated heterocycles. The first-order chi connectivity index (χ1) is 12.8. The molecule has 9 nitrogen and oxygen atoms in total. The van der Waals surface area contributed by atoms with Crippen LogP contribution in [0.2, 0.25) is 0 Å². The number of hydrogen-bond donors (Lipinski definition) is 2. The Morgan fingerprint density at radius 2 is 1.78 bits per heavy atom. The molecule has 0 radical (unpaired) electrons. The molecule has 0 unspecified atom stereocenters. The Labute approximate surface area is 154 Å². The van der Waals surface area contributed by atoms with E-state index in [-0.39, 0.29) is 5.69 Å². The van der Waals surface area contributed by atoms with Gasteiger partial charge in [-0.2, -0.15) is 0 Å². The molecule has 4 amide bonds. The van der Waals surface area contributed by atoms with Gasteiger partial charge in [-0.05, 0) is 36.8 Å². The zero-order chi connectivity index (χ0) is 19.6. The topological polar surface area (TPSA) is 122 Å². The molecule has 0 aromatic heterocycles. The SMILES string of the molecule is C[C@]1(c2ccc([N+](=O)[O-])cc2)NC(=O)N(CC(=O)Nc2ccccc2)C1=O. The molecule has 0 bridgehead atoms. The third-order valence-corrected chi connectivity index (χ3v) is 4.29. The molecular formula is C18H16N4O5. The highest BCUT2D eigenvalue weighted by atomic mass is 16.6. The van der Waals surface area contributed by atoms with Gasteiger partial charge in [0.05, 0.1) is 4.92 Å². The summed E-state index contributed by atoms with van der Waals surface area (Å²) in [6, 6.07) is 13.3. The number of nitrogens with zero attached hydrogens (tertiary/aromatic N) is 2. The number of nitro benzene ring substituents is 1. The molecule has 0 saturated carbocycles. The highest BCUT2D eigenvalue weighted by Crippen LogP contribution is 2.30. The lowest BCUT2D eigenvalue weighted by molar-refractivity contribution is -0.384. The van der Waals surface area contributed by atoms with Crippen LogP contribution in [0, 0.1) is 10.1 Å². The molecule has 2 aromatic rings. The van der Waals surface area contributed by atoms with Gasteiger partial charge in [0.15, 0.2) is 0 Å². The van der Waals surface area contributed by atoms with Crippen LogP contribution < -0.4 is 10.6 Å². The molecule has 1 atom stereocenters. The summed E-state index contributed by atoms with van der Waals surface area (Å²) in [5.74, 6) is -1.12. The molecule has 1 aliphatic rings. The largest absolute Gasteiger partial charge is 0.325 e. The van der Waals surface area contributed by atoms with Crippen molar-refractivity contribution in [2.45, 2.75) is 12.5 Å². The second kappa shape index (κ2) is 6.87. The smallest absolute Gasteiger partial charge is 0.325 e. The summed E-state index contributed by atoms with van der Waals surface area (Å²) in [6.07, 6.45) is 0. The molecule has 27 heavy (non-hydrogen) atoms. The number of nitro groups is 1. The molecule has 138 valence electrons. The van der Waals surface area contributed by atoms with Crippen molar-refractivity contribution in [3.05, 3.63) is 70.3 Å². The number of anilines is 1. The van der Waals surface area contributed by atoms with Crippen LogP contribution in [0.1, 0.15) is 12.5 Å². The van der Waals surface area contributed by atoms with Crippen molar-refractivity contribution in [1.82, 2.24) is 10.2 Å². The summed E-state index contributed by atoms with van der Waals surface area (Å²) in [7, 11) is 0. The fourth-order valence-electron chi connectivity index (χ4n) is 2.82. The van der Waals surface area contributed by atoms with E-state index >= 15 is 0 Å². The number of hydrogen-bond acceptors (Lipinski definition) is 5. The van der Waals surface area contributed by atoms with Crippen LogP contribution in [-0.4, -0.2) is 34.2 Å². The first-order valence-corrected chi connectivity index (χ1v) is 8.05. The van der Waals surface area contributed by atoms with Crippen LogP contribution in [-0.2, 0) is 15.1 Å². The maximum Gasteiger partial charge on any atom is 0.325 e. The molecule has 3 rings (SSSR count). The quantitative estimate of drug-likeness (QED) is 0.475. The maximum atomic E-state index is 12.8. The Morgan fingerprint density at radius 1 is 1.15 bits per heavy atom. The lowest BCUT2D eigenvalue weighted by Gasteiger charge is -2.22. The van der Waals surface area contributed by atoms with Crippen molar-refractivity contribution < 1.29 is 19.3 Å². The van der Waals surface area contributed by atoms with Crippen LogP contribution in [0.5, 0.6) is 0 Å². The Bertz CT molecular complexity index is 913. The van der Waals surface area contributed by atoms with E-state index in [0.717, 1.165) is 4.90 Å². The highest BCUT2D eigenvalue weighted by Gasteiger charge is 2.49. The molecule has 0 aliphatic carbocycles. The normalized spacial score (nSPS) is 18.9. The number of rotatable bonds is 5. The average molecular weight is 368 g/mol. The number of non-ortho nitro benzene ring substituents is 1. The van der Waals surface area contributed by atoms with Gasteiger partial charge in [-0.3, -0.25) is 24.6 Å². The third kappa shape index (κ3) is 3.47. The van der Waals surface area contributed by atoms with Gasteiger partial charge in [0.2, 0.25) is 5.91 Å². The second-order valence-electron chi connectivity index (χ2n) is 6.16. The van der Waals surface area contributed by atoms with Crippen LogP contribution in [0.4, 0.5) is 16.2 Å². The minimum absolute atomic E-state index is 0.127. The number of benzene rings is 2. The molecule has 2 aromatic carbocycles. The van der Waals surface area contributed by atoms with Gasteiger partial charge in [0, 0.05) is 17.8 Å². The molecule has 9 heteroatoms. The van der Waals surface area contributed by atoms with Crippen molar-refractivity contribution in [2.24, 2.45) is 0 Å². The maximum absolute atomic E-state index is 12.8. The standard InChI is InChI=1S/C18H16N4O5/c1-18(12-7-9-14(10-8-12)22(26)27)16(24)21(17(25)20-18)11-15(23)19-13-5-3-2-4-6-13/h2-10H,11H2,1H3,(H,19,23)(H,20,25)/t18-/m1/s1. The van der Waals surface area contributed by atoms with E-state index in [1.807, 2.05) is 0 Å². The van der Waals surface area contributed by atoms with Crippen LogP contribution >= 0.6 is 0 Å². The van der Waals surface area contributed by atoms with Crippen LogP contribution in [0.25, 0.3) is 0 Å². The van der Waals surface area contributed by atoms with Gasteiger partial charge in [0.25, 0.3) is 11.6 Å². The first kappa shape index (κ1) is 18.1. The fraction of sp³-hybridized carbons (Fsp3) is 0.167. The minimum atomic E-state index is -1.40. The van der Waals surface area contributed by atoms with Crippen molar-refractivity contribution in [3.8, 4) is 0 Å². The van der Waals surface area contributed by atoms with Gasteiger partial charge >= 0.3 is 6.03 Å². The molecule has 2 N–H and O–H groups in total. The molecule has 0 spiro atoms. The Kier molecular flexibility index (Phi) is 4.59. The van der Waals surface area contributed by atoms with E-state index in [0.29, 0.717) is 11.3 Å². The first-order valence-electron chi connectivity index (χ1n) is 8.05. The van der Waals surface area contributed by atoms with Crippen molar-refractivity contribution in [3.63, 3.8) is 0 Å². The molecule has 1 aliphatic heterocycles. The molecule has 1 heterocycles. The summed E-state index contributed by atoms with van der Waals surface area (Å²) in [6.45, 7) is 1.05. The molecular weight excluding hydrogens is 352 g/mol. The van der Waals surface area contributed by atoms with E-state index in [4.69, 9.17) is 0 Å². The van der Waals surface area contributed by atoms with Gasteiger partial charge < -0.3 is 10.6 Å². The van der Waals surface area contributed by atoms with E-state index in [9.17, 15) is 24.5 Å². The number of imide groups is 1. The predicted molar refractivity (Wildman–Crippen MR) is 95.8 cm³/mol. The van der Waals surface area contributed by atoms with Gasteiger partial charge in [-0.15, -0.1) is 0 Å². The third-order valence-electron chi connectivity index (χ3n) is 4.29. The molecule has 1 fully saturated rings. The monoisotopic (exact) mass is 368 g/mol. The van der Waals surface area contributed by atoms with Gasteiger partial charge in [-0.25, -0.2) is 4.79 Å². The Balaban J connectivity index is 1.75. The summed E-state index contributed by atoms with van der Waals surface area (Å²) in [5, 5.41) is 15.9. The van der Waals surface area contributed by atoms with Gasteiger partial charge in [-0.1, -0.05) is 18.2 Å². The van der Waals surface area contributed by atoms with Crippen LogP contribution in [0.15, 0.2) is 54.6 Å². The summed E-state index contributed by atoms with van der Waals surface area (Å²) in [4.78, 5) is 48.2. The predicted octanol–water partition coefficient (Wildman–Crippen LogP) is 2.00. The number of nitrogens with one attached hydrogen (secondary N) is 2. The van der Waals surface area contributed by atoms with Crippen molar-refractivity contribution >= 4 is 29.2 Å². The number of urea groups is 1.